The molecule has 0 unspecified atom stereocenters. The largest absolute Gasteiger partial charge is 0.465 e. The van der Waals surface area contributed by atoms with Gasteiger partial charge < -0.3 is 20.1 Å². The second-order valence-corrected chi connectivity index (χ2v) is 9.81. The Hall–Kier alpha value is -4.07. The van der Waals surface area contributed by atoms with E-state index in [0.717, 1.165) is 10.7 Å². The molecule has 1 aliphatic heterocycles. The number of aliphatic hydroxyl groups is 1. The number of aryl methyl sites for hydroxylation is 1. The number of hydrogen-bond donors (Lipinski definition) is 2. The molecule has 0 spiro atoms. The summed E-state index contributed by atoms with van der Waals surface area (Å²) in [6, 6.07) is 8.88. The minimum absolute atomic E-state index is 0.000190. The maximum absolute atomic E-state index is 14.0. The van der Waals surface area contributed by atoms with Crippen LogP contribution in [-0.2, 0) is 36.6 Å². The molecule has 0 fully saturated rings. The summed E-state index contributed by atoms with van der Waals surface area (Å²) in [6.07, 6.45) is -9.50. The molecule has 0 saturated heterocycles. The summed E-state index contributed by atoms with van der Waals surface area (Å²) < 4.78 is 89.0. The van der Waals surface area contributed by atoms with Crippen molar-refractivity contribution in [3.63, 3.8) is 0 Å². The van der Waals surface area contributed by atoms with Crippen LogP contribution in [0.25, 0.3) is 0 Å². The molecule has 2 aromatic carbocycles. The molecule has 0 radical (unpaired) electrons. The number of carbonyl (C=O) groups is 2. The maximum atomic E-state index is 14.0. The van der Waals surface area contributed by atoms with Crippen LogP contribution < -0.4 is 10.2 Å². The van der Waals surface area contributed by atoms with Crippen molar-refractivity contribution in [3.05, 3.63) is 81.5 Å². The molecule has 2 N–H and O–H groups in total. The van der Waals surface area contributed by atoms with Crippen molar-refractivity contribution in [2.24, 2.45) is 0 Å². The van der Waals surface area contributed by atoms with Gasteiger partial charge in [-0.2, -0.15) is 31.4 Å². The van der Waals surface area contributed by atoms with Crippen LogP contribution in [0.1, 0.15) is 68.1 Å². The van der Waals surface area contributed by atoms with Crippen molar-refractivity contribution in [2.75, 3.05) is 25.2 Å². The molecular weight excluding hydrogens is 570 g/mol. The summed E-state index contributed by atoms with van der Waals surface area (Å²) in [6.45, 7) is 1.20. The third-order valence-electron chi connectivity index (χ3n) is 6.94. The second kappa shape index (κ2) is 12.0. The van der Waals surface area contributed by atoms with E-state index in [-0.39, 0.29) is 61.6 Å². The molecule has 2 heterocycles. The number of rotatable bonds is 9. The lowest BCUT2D eigenvalue weighted by atomic mass is 9.99. The number of hydrogen-bond acceptors (Lipinski definition) is 6. The number of methoxy groups -OCH3 is 1. The standard InChI is InChI=1S/C28H28F6N4O4/c1-16(18-7-9-20(10-8-18)26(41)42-2)35-24(40)22-23(28(32,33)34)36-38-12-11-37(25(22)38)15-17-5-6-19(4-3-13-39)21(14-17)27(29,30)31/h5-10,14,16,39H,3-4,11-13,15H2,1-2H3,(H,35,40)/t16-/m0/s1. The number of ether oxygens (including phenoxy) is 1. The van der Waals surface area contributed by atoms with Crippen molar-refractivity contribution >= 4 is 17.7 Å². The molecule has 3 aromatic rings. The van der Waals surface area contributed by atoms with E-state index in [1.165, 1.54) is 48.4 Å². The predicted octanol–water partition coefficient (Wildman–Crippen LogP) is 5.14. The molecule has 226 valence electrons. The maximum Gasteiger partial charge on any atom is 0.436 e. The van der Waals surface area contributed by atoms with E-state index >= 15 is 0 Å². The molecule has 1 aromatic heterocycles. The van der Waals surface area contributed by atoms with E-state index in [1.54, 1.807) is 6.92 Å². The Bertz CT molecular complexity index is 1450. The number of alkyl halides is 6. The van der Waals surface area contributed by atoms with Crippen LogP contribution in [0.5, 0.6) is 0 Å². The van der Waals surface area contributed by atoms with Crippen LogP contribution in [0.15, 0.2) is 42.5 Å². The van der Waals surface area contributed by atoms with Crippen molar-refractivity contribution in [3.8, 4) is 0 Å². The fourth-order valence-electron chi connectivity index (χ4n) is 4.88. The number of anilines is 1. The van der Waals surface area contributed by atoms with E-state index < -0.39 is 47.1 Å². The minimum atomic E-state index is -4.97. The van der Waals surface area contributed by atoms with Crippen LogP contribution >= 0.6 is 0 Å². The molecular formula is C28H28F6N4O4. The fourth-order valence-corrected chi connectivity index (χ4v) is 4.88. The number of nitrogens with zero attached hydrogens (tertiary/aromatic N) is 3. The lowest BCUT2D eigenvalue weighted by Crippen LogP contribution is -2.31. The van der Waals surface area contributed by atoms with E-state index in [1.807, 2.05) is 0 Å². The summed E-state index contributed by atoms with van der Waals surface area (Å²) >= 11 is 0. The van der Waals surface area contributed by atoms with Crippen LogP contribution in [-0.4, -0.2) is 47.0 Å². The highest BCUT2D eigenvalue weighted by atomic mass is 19.4. The average molecular weight is 599 g/mol. The van der Waals surface area contributed by atoms with Crippen LogP contribution in [0, 0.1) is 0 Å². The summed E-state index contributed by atoms with van der Waals surface area (Å²) in [5.41, 5.74) is -2.08. The second-order valence-electron chi connectivity index (χ2n) is 9.81. The zero-order valence-corrected chi connectivity index (χ0v) is 22.6. The lowest BCUT2D eigenvalue weighted by molar-refractivity contribution is -0.142. The Morgan fingerprint density at radius 2 is 1.74 bits per heavy atom. The number of aliphatic hydroxyl groups excluding tert-OH is 1. The average Bonchev–Trinajstić information content (AvgIpc) is 3.51. The number of amides is 1. The summed E-state index contributed by atoms with van der Waals surface area (Å²) in [7, 11) is 1.22. The van der Waals surface area contributed by atoms with E-state index in [4.69, 9.17) is 5.11 Å². The summed E-state index contributed by atoms with van der Waals surface area (Å²) in [5.74, 6) is -1.79. The molecule has 1 amide bonds. The number of halogens is 6. The molecule has 0 saturated carbocycles. The number of fused-ring (bicyclic) bond motifs is 1. The minimum Gasteiger partial charge on any atom is -0.465 e. The number of benzene rings is 2. The van der Waals surface area contributed by atoms with Gasteiger partial charge in [-0.1, -0.05) is 24.3 Å². The molecule has 0 aliphatic carbocycles. The molecule has 14 heteroatoms. The topological polar surface area (TPSA) is 96.7 Å². The third-order valence-corrected chi connectivity index (χ3v) is 6.94. The first-order valence-electron chi connectivity index (χ1n) is 13.0. The zero-order valence-electron chi connectivity index (χ0n) is 22.6. The van der Waals surface area contributed by atoms with Gasteiger partial charge in [0.2, 0.25) is 0 Å². The number of nitrogens with one attached hydrogen (secondary N) is 1. The van der Waals surface area contributed by atoms with Crippen molar-refractivity contribution in [1.82, 2.24) is 15.1 Å². The van der Waals surface area contributed by atoms with E-state index in [2.05, 4.69) is 15.2 Å². The molecule has 1 aliphatic rings. The number of carbonyl (C=O) groups excluding carboxylic acids is 2. The van der Waals surface area contributed by atoms with E-state index in [9.17, 15) is 35.9 Å². The third kappa shape index (κ3) is 6.53. The first-order chi connectivity index (χ1) is 19.7. The molecule has 8 nitrogen and oxygen atoms in total. The quantitative estimate of drug-likeness (QED) is 0.262. The summed E-state index contributed by atoms with van der Waals surface area (Å²) in [5, 5.41) is 15.2. The van der Waals surface area contributed by atoms with Gasteiger partial charge in [-0.3, -0.25) is 4.79 Å². The van der Waals surface area contributed by atoms with Crippen LogP contribution in [0.2, 0.25) is 0 Å². The summed E-state index contributed by atoms with van der Waals surface area (Å²) in [4.78, 5) is 26.4. The smallest absolute Gasteiger partial charge is 0.436 e. The van der Waals surface area contributed by atoms with Gasteiger partial charge in [-0.05, 0) is 54.7 Å². The predicted molar refractivity (Wildman–Crippen MR) is 139 cm³/mol. The van der Waals surface area contributed by atoms with Crippen LogP contribution in [0.3, 0.4) is 0 Å². The van der Waals surface area contributed by atoms with Gasteiger partial charge in [0.1, 0.15) is 11.4 Å². The number of aromatic nitrogens is 2. The highest BCUT2D eigenvalue weighted by molar-refractivity contribution is 6.01. The Balaban J connectivity index is 1.64. The first kappa shape index (κ1) is 30.9. The molecule has 42 heavy (non-hydrogen) atoms. The lowest BCUT2D eigenvalue weighted by Gasteiger charge is -2.22. The SMILES string of the molecule is COC(=O)c1ccc([C@H](C)NC(=O)c2c(C(F)(F)F)nn3c2N(Cc2ccc(CCCO)c(C(F)(F)F)c2)CC3)cc1. The Kier molecular flexibility index (Phi) is 8.85. The molecule has 0 bridgehead atoms. The van der Waals surface area contributed by atoms with Gasteiger partial charge in [-0.25, -0.2) is 9.48 Å². The highest BCUT2D eigenvalue weighted by Gasteiger charge is 2.44. The van der Waals surface area contributed by atoms with Gasteiger partial charge in [0.25, 0.3) is 5.91 Å². The van der Waals surface area contributed by atoms with E-state index in [0.29, 0.717) is 5.56 Å². The van der Waals surface area contributed by atoms with Gasteiger partial charge in [0, 0.05) is 19.7 Å². The fraction of sp³-hybridized carbons (Fsp3) is 0.393. The Morgan fingerprint density at radius 3 is 2.33 bits per heavy atom. The Labute approximate surface area is 236 Å². The van der Waals surface area contributed by atoms with Gasteiger partial charge in [0.05, 0.1) is 30.8 Å². The highest BCUT2D eigenvalue weighted by Crippen LogP contribution is 2.39. The first-order valence-corrected chi connectivity index (χ1v) is 13.0. The molecule has 1 atom stereocenters. The van der Waals surface area contributed by atoms with Crippen molar-refractivity contribution in [2.45, 2.75) is 51.2 Å². The zero-order chi connectivity index (χ0) is 30.8. The monoisotopic (exact) mass is 598 g/mol. The normalized spacial score (nSPS) is 14.1. The Morgan fingerprint density at radius 1 is 1.05 bits per heavy atom. The van der Waals surface area contributed by atoms with Gasteiger partial charge in [-0.15, -0.1) is 0 Å². The molecule has 4 rings (SSSR count). The van der Waals surface area contributed by atoms with Gasteiger partial charge >= 0.3 is 18.3 Å². The van der Waals surface area contributed by atoms with Crippen molar-refractivity contribution < 1.29 is 45.8 Å². The van der Waals surface area contributed by atoms with Crippen molar-refractivity contribution in [1.29, 1.82) is 0 Å². The van der Waals surface area contributed by atoms with Crippen LogP contribution in [0.4, 0.5) is 32.2 Å². The number of esters is 1. The van der Waals surface area contributed by atoms with Gasteiger partial charge in [0.15, 0.2) is 5.69 Å².